The lowest BCUT2D eigenvalue weighted by atomic mass is 10.1. The number of hydrogen-bond donors (Lipinski definition) is 0. The quantitative estimate of drug-likeness (QED) is 0.210. The van der Waals surface area contributed by atoms with Gasteiger partial charge in [0, 0.05) is 17.9 Å². The summed E-state index contributed by atoms with van der Waals surface area (Å²) in [6.07, 6.45) is 1.85. The Hall–Kier alpha value is -3.43. The lowest BCUT2D eigenvalue weighted by Gasteiger charge is -2.16. The van der Waals surface area contributed by atoms with E-state index in [1.807, 2.05) is 37.3 Å². The van der Waals surface area contributed by atoms with E-state index in [1.165, 1.54) is 18.9 Å². The molecule has 4 aromatic rings. The van der Waals surface area contributed by atoms with Crippen LogP contribution in [0.15, 0.2) is 62.9 Å². The zero-order valence-corrected chi connectivity index (χ0v) is 20.3. The highest BCUT2D eigenvalue weighted by molar-refractivity contribution is 7.98. The van der Waals surface area contributed by atoms with Gasteiger partial charge in [-0.05, 0) is 50.1 Å². The molecular formula is C26H25N3O5S. The van der Waals surface area contributed by atoms with E-state index in [-0.39, 0.29) is 11.7 Å². The number of oxazole rings is 1. The van der Waals surface area contributed by atoms with Gasteiger partial charge in [0.15, 0.2) is 5.16 Å². The molecule has 0 aliphatic carbocycles. The molecular weight excluding hydrogens is 466 g/mol. The summed E-state index contributed by atoms with van der Waals surface area (Å²) >= 11 is 1.41. The van der Waals surface area contributed by atoms with Gasteiger partial charge in [0.25, 0.3) is 5.56 Å². The fraction of sp³-hybridized carbons (Fsp3) is 0.308. The number of carbonyl (C=O) groups excluding carboxylic acids is 1. The molecule has 1 saturated heterocycles. The maximum atomic E-state index is 13.5. The largest absolute Gasteiger partial charge is 0.465 e. The van der Waals surface area contributed by atoms with Gasteiger partial charge in [-0.2, -0.15) is 0 Å². The summed E-state index contributed by atoms with van der Waals surface area (Å²) < 4.78 is 18.2. The summed E-state index contributed by atoms with van der Waals surface area (Å²) in [6.45, 7) is 3.01. The summed E-state index contributed by atoms with van der Waals surface area (Å²) in [4.78, 5) is 34.9. The molecule has 0 amide bonds. The number of thioether (sulfide) groups is 1. The highest BCUT2D eigenvalue weighted by Gasteiger charge is 2.22. The standard InChI is InChI=1S/C26H25N3O5S/c1-16-22(27-23(34-16)17-7-4-3-5-8-17)15-35-26-28-21-13-18(25(31)32-2)10-11-20(21)24(30)29(26)14-19-9-6-12-33-19/h3-5,7-8,10-11,13,19H,6,9,12,14-15H2,1-2H3. The minimum Gasteiger partial charge on any atom is -0.465 e. The number of fused-ring (bicyclic) bond motifs is 1. The number of carbonyl (C=O) groups is 1. The number of aromatic nitrogens is 3. The van der Waals surface area contributed by atoms with Crippen molar-refractivity contribution in [1.29, 1.82) is 0 Å². The monoisotopic (exact) mass is 491 g/mol. The van der Waals surface area contributed by atoms with E-state index in [1.54, 1.807) is 22.8 Å². The second kappa shape index (κ2) is 10.1. The second-order valence-corrected chi connectivity index (χ2v) is 9.29. The molecule has 0 bridgehead atoms. The molecule has 1 aliphatic heterocycles. The normalized spacial score (nSPS) is 15.5. The zero-order valence-electron chi connectivity index (χ0n) is 19.5. The van der Waals surface area contributed by atoms with E-state index in [4.69, 9.17) is 18.9 Å². The van der Waals surface area contributed by atoms with Gasteiger partial charge in [-0.3, -0.25) is 9.36 Å². The van der Waals surface area contributed by atoms with Crippen molar-refractivity contribution in [1.82, 2.24) is 14.5 Å². The minimum atomic E-state index is -0.474. The van der Waals surface area contributed by atoms with E-state index in [0.29, 0.717) is 46.4 Å². The molecule has 2 aromatic carbocycles. The first-order valence-electron chi connectivity index (χ1n) is 11.4. The first-order chi connectivity index (χ1) is 17.0. The van der Waals surface area contributed by atoms with Crippen LogP contribution in [0.3, 0.4) is 0 Å². The Labute approximate surface area is 206 Å². The summed E-state index contributed by atoms with van der Waals surface area (Å²) in [5, 5.41) is 0.993. The Morgan fingerprint density at radius 1 is 1.20 bits per heavy atom. The van der Waals surface area contributed by atoms with Crippen molar-refractivity contribution in [3.05, 3.63) is 75.9 Å². The average Bonchev–Trinajstić information content (AvgIpc) is 3.54. The van der Waals surface area contributed by atoms with Crippen molar-refractivity contribution < 1.29 is 18.7 Å². The van der Waals surface area contributed by atoms with Crippen LogP contribution in [0, 0.1) is 6.92 Å². The summed E-state index contributed by atoms with van der Waals surface area (Å²) in [6, 6.07) is 14.5. The van der Waals surface area contributed by atoms with Crippen LogP contribution in [-0.2, 0) is 21.8 Å². The van der Waals surface area contributed by atoms with Crippen molar-refractivity contribution in [3.8, 4) is 11.5 Å². The highest BCUT2D eigenvalue weighted by atomic mass is 32.2. The van der Waals surface area contributed by atoms with Crippen LogP contribution in [0.25, 0.3) is 22.4 Å². The molecule has 5 rings (SSSR count). The summed E-state index contributed by atoms with van der Waals surface area (Å²) in [7, 11) is 1.32. The molecule has 0 spiro atoms. The number of ether oxygens (including phenoxy) is 2. The van der Waals surface area contributed by atoms with Gasteiger partial charge in [-0.1, -0.05) is 30.0 Å². The van der Waals surface area contributed by atoms with E-state index in [0.717, 1.165) is 29.9 Å². The van der Waals surface area contributed by atoms with Crippen molar-refractivity contribution in [2.45, 2.75) is 43.3 Å². The van der Waals surface area contributed by atoms with E-state index >= 15 is 0 Å². The maximum Gasteiger partial charge on any atom is 0.337 e. The topological polar surface area (TPSA) is 96.5 Å². The van der Waals surface area contributed by atoms with E-state index < -0.39 is 5.97 Å². The molecule has 0 radical (unpaired) electrons. The van der Waals surface area contributed by atoms with Crippen molar-refractivity contribution in [3.63, 3.8) is 0 Å². The van der Waals surface area contributed by atoms with E-state index in [2.05, 4.69) is 4.98 Å². The number of rotatable bonds is 7. The Kier molecular flexibility index (Phi) is 6.70. The third-order valence-corrected chi connectivity index (χ3v) is 6.99. The van der Waals surface area contributed by atoms with Crippen LogP contribution < -0.4 is 5.56 Å². The van der Waals surface area contributed by atoms with E-state index in [9.17, 15) is 9.59 Å². The van der Waals surface area contributed by atoms with Gasteiger partial charge in [0.1, 0.15) is 5.76 Å². The fourth-order valence-corrected chi connectivity index (χ4v) is 5.12. The van der Waals surface area contributed by atoms with Gasteiger partial charge in [0.2, 0.25) is 5.89 Å². The maximum absolute atomic E-state index is 13.5. The van der Waals surface area contributed by atoms with Gasteiger partial charge in [-0.25, -0.2) is 14.8 Å². The third-order valence-electron chi connectivity index (χ3n) is 6.00. The van der Waals surface area contributed by atoms with Crippen molar-refractivity contribution >= 4 is 28.6 Å². The zero-order chi connectivity index (χ0) is 24.4. The predicted molar refractivity (Wildman–Crippen MR) is 133 cm³/mol. The average molecular weight is 492 g/mol. The van der Waals surface area contributed by atoms with Crippen LogP contribution in [0.1, 0.15) is 34.7 Å². The number of nitrogens with zero attached hydrogens (tertiary/aromatic N) is 3. The molecule has 3 heterocycles. The van der Waals surface area contributed by atoms with Crippen LogP contribution in [0.5, 0.6) is 0 Å². The smallest absolute Gasteiger partial charge is 0.337 e. The van der Waals surface area contributed by atoms with Crippen LogP contribution in [0.2, 0.25) is 0 Å². The van der Waals surface area contributed by atoms with Gasteiger partial charge in [-0.15, -0.1) is 0 Å². The fourth-order valence-electron chi connectivity index (χ4n) is 4.11. The molecule has 2 aromatic heterocycles. The number of aryl methyl sites for hydroxylation is 1. The number of hydrogen-bond acceptors (Lipinski definition) is 8. The predicted octanol–water partition coefficient (Wildman–Crippen LogP) is 4.62. The lowest BCUT2D eigenvalue weighted by molar-refractivity contribution is 0.0601. The third kappa shape index (κ3) is 4.87. The molecule has 0 N–H and O–H groups in total. The number of benzene rings is 2. The molecule has 35 heavy (non-hydrogen) atoms. The Morgan fingerprint density at radius 2 is 2.03 bits per heavy atom. The Morgan fingerprint density at radius 3 is 2.77 bits per heavy atom. The van der Waals surface area contributed by atoms with Gasteiger partial charge >= 0.3 is 5.97 Å². The molecule has 1 atom stereocenters. The van der Waals surface area contributed by atoms with Crippen LogP contribution in [-0.4, -0.2) is 40.3 Å². The van der Waals surface area contributed by atoms with Gasteiger partial charge in [0.05, 0.1) is 41.9 Å². The summed E-state index contributed by atoms with van der Waals surface area (Å²) in [5.74, 6) is 1.28. The molecule has 8 nitrogen and oxygen atoms in total. The van der Waals surface area contributed by atoms with Crippen LogP contribution >= 0.6 is 11.8 Å². The molecule has 180 valence electrons. The molecule has 9 heteroatoms. The first-order valence-corrected chi connectivity index (χ1v) is 12.4. The van der Waals surface area contributed by atoms with Crippen molar-refractivity contribution in [2.24, 2.45) is 0 Å². The second-order valence-electron chi connectivity index (χ2n) is 8.35. The summed E-state index contributed by atoms with van der Waals surface area (Å²) in [5.41, 5.74) is 2.33. The molecule has 1 unspecified atom stereocenters. The molecule has 1 aliphatic rings. The van der Waals surface area contributed by atoms with Crippen LogP contribution in [0.4, 0.5) is 0 Å². The minimum absolute atomic E-state index is 0.0286. The number of esters is 1. The number of methoxy groups -OCH3 is 1. The van der Waals surface area contributed by atoms with Crippen molar-refractivity contribution in [2.75, 3.05) is 13.7 Å². The Bertz CT molecular complexity index is 1420. The van der Waals surface area contributed by atoms with Gasteiger partial charge < -0.3 is 13.9 Å². The molecule has 0 saturated carbocycles. The highest BCUT2D eigenvalue weighted by Crippen LogP contribution is 2.28. The molecule has 1 fully saturated rings. The first kappa shape index (κ1) is 23.3. The SMILES string of the molecule is COC(=O)c1ccc2c(=O)n(CC3CCCO3)c(SCc3nc(-c4ccccc4)oc3C)nc2c1. The Balaban J connectivity index is 1.50. The lowest BCUT2D eigenvalue weighted by Crippen LogP contribution is -2.29.